The third-order valence-electron chi connectivity index (χ3n) is 4.25. The summed E-state index contributed by atoms with van der Waals surface area (Å²) >= 11 is 0. The van der Waals surface area contributed by atoms with Crippen molar-refractivity contribution in [3.8, 4) is 5.75 Å². The molecule has 5 heteroatoms. The lowest BCUT2D eigenvalue weighted by Crippen LogP contribution is -2.44. The lowest BCUT2D eigenvalue weighted by Gasteiger charge is -2.26. The summed E-state index contributed by atoms with van der Waals surface area (Å²) in [5.74, 6) is 2.31. The number of aliphatic imine (C=N–C) groups is 1. The van der Waals surface area contributed by atoms with Gasteiger partial charge in [0, 0.05) is 18.2 Å². The Balaban J connectivity index is 2.96. The molecule has 0 spiro atoms. The van der Waals surface area contributed by atoms with Crippen LogP contribution >= 0.6 is 0 Å². The SMILES string of the molecule is CCNC(=NCC(c1ccccc1OC)N(C)C)NC(C)C(C)C. The first-order chi connectivity index (χ1) is 11.4. The highest BCUT2D eigenvalue weighted by molar-refractivity contribution is 5.80. The molecule has 136 valence electrons. The lowest BCUT2D eigenvalue weighted by atomic mass is 10.0. The molecule has 0 bridgehead atoms. The summed E-state index contributed by atoms with van der Waals surface area (Å²) in [6, 6.07) is 8.67. The van der Waals surface area contributed by atoms with E-state index in [0.29, 0.717) is 18.5 Å². The van der Waals surface area contributed by atoms with Gasteiger partial charge in [-0.25, -0.2) is 0 Å². The van der Waals surface area contributed by atoms with Crippen molar-refractivity contribution >= 4 is 5.96 Å². The molecule has 0 saturated carbocycles. The van der Waals surface area contributed by atoms with Crippen LogP contribution in [0.1, 0.15) is 39.3 Å². The van der Waals surface area contributed by atoms with Gasteiger partial charge < -0.3 is 20.3 Å². The normalized spacial score (nSPS) is 14.6. The predicted molar refractivity (Wildman–Crippen MR) is 103 cm³/mol. The second kappa shape index (κ2) is 10.2. The van der Waals surface area contributed by atoms with Gasteiger partial charge in [0.2, 0.25) is 0 Å². The zero-order valence-electron chi connectivity index (χ0n) is 16.3. The number of rotatable bonds is 8. The molecule has 0 amide bonds. The van der Waals surface area contributed by atoms with Crippen LogP contribution in [0.5, 0.6) is 5.75 Å². The minimum Gasteiger partial charge on any atom is -0.496 e. The summed E-state index contributed by atoms with van der Waals surface area (Å²) in [6.07, 6.45) is 0. The number of benzene rings is 1. The molecular formula is C19H34N4O. The third-order valence-corrected chi connectivity index (χ3v) is 4.25. The molecule has 0 saturated heterocycles. The number of likely N-dealkylation sites (N-methyl/N-ethyl adjacent to an activating group) is 1. The summed E-state index contributed by atoms with van der Waals surface area (Å²) in [6.45, 7) is 10.2. The van der Waals surface area contributed by atoms with Crippen LogP contribution < -0.4 is 15.4 Å². The molecule has 0 aromatic heterocycles. The Morgan fingerprint density at radius 2 is 1.88 bits per heavy atom. The van der Waals surface area contributed by atoms with E-state index in [1.165, 1.54) is 0 Å². The highest BCUT2D eigenvalue weighted by Gasteiger charge is 2.18. The van der Waals surface area contributed by atoms with Crippen molar-refractivity contribution in [3.63, 3.8) is 0 Å². The molecule has 1 aromatic rings. The maximum Gasteiger partial charge on any atom is 0.191 e. The Bertz CT molecular complexity index is 514. The Kier molecular flexibility index (Phi) is 8.61. The number of hydrogen-bond acceptors (Lipinski definition) is 3. The fraction of sp³-hybridized carbons (Fsp3) is 0.632. The smallest absolute Gasteiger partial charge is 0.191 e. The summed E-state index contributed by atoms with van der Waals surface area (Å²) in [7, 11) is 5.86. The first-order valence-electron chi connectivity index (χ1n) is 8.74. The summed E-state index contributed by atoms with van der Waals surface area (Å²) < 4.78 is 5.52. The van der Waals surface area contributed by atoms with Crippen molar-refractivity contribution in [2.75, 3.05) is 34.3 Å². The van der Waals surface area contributed by atoms with E-state index < -0.39 is 0 Å². The van der Waals surface area contributed by atoms with Gasteiger partial charge in [0.15, 0.2) is 5.96 Å². The van der Waals surface area contributed by atoms with Crippen molar-refractivity contribution in [1.29, 1.82) is 0 Å². The van der Waals surface area contributed by atoms with Crippen molar-refractivity contribution in [2.24, 2.45) is 10.9 Å². The average Bonchev–Trinajstić information content (AvgIpc) is 2.55. The van der Waals surface area contributed by atoms with E-state index in [9.17, 15) is 0 Å². The second-order valence-corrected chi connectivity index (χ2v) is 6.62. The van der Waals surface area contributed by atoms with E-state index in [1.807, 2.05) is 18.2 Å². The quantitative estimate of drug-likeness (QED) is 0.567. The Morgan fingerprint density at radius 1 is 1.21 bits per heavy atom. The molecular weight excluding hydrogens is 300 g/mol. The molecule has 5 nitrogen and oxygen atoms in total. The zero-order valence-corrected chi connectivity index (χ0v) is 16.3. The van der Waals surface area contributed by atoms with Crippen molar-refractivity contribution in [2.45, 2.75) is 39.8 Å². The molecule has 2 atom stereocenters. The predicted octanol–water partition coefficient (Wildman–Crippen LogP) is 2.90. The van der Waals surface area contributed by atoms with Crippen molar-refractivity contribution in [3.05, 3.63) is 29.8 Å². The summed E-state index contributed by atoms with van der Waals surface area (Å²) in [4.78, 5) is 6.98. The van der Waals surface area contributed by atoms with Crippen LogP contribution in [-0.4, -0.2) is 51.2 Å². The number of guanidine groups is 1. The van der Waals surface area contributed by atoms with Gasteiger partial charge in [-0.1, -0.05) is 32.0 Å². The minimum absolute atomic E-state index is 0.158. The van der Waals surface area contributed by atoms with Gasteiger partial charge in [0.25, 0.3) is 0 Å². The van der Waals surface area contributed by atoms with Crippen molar-refractivity contribution in [1.82, 2.24) is 15.5 Å². The number of ether oxygens (including phenoxy) is 1. The molecule has 1 rings (SSSR count). The Labute approximate surface area is 147 Å². The first kappa shape index (κ1) is 20.3. The van der Waals surface area contributed by atoms with Crippen LogP contribution in [0.4, 0.5) is 0 Å². The fourth-order valence-corrected chi connectivity index (χ4v) is 2.36. The lowest BCUT2D eigenvalue weighted by molar-refractivity contribution is 0.295. The monoisotopic (exact) mass is 334 g/mol. The van der Waals surface area contributed by atoms with Crippen LogP contribution in [0, 0.1) is 5.92 Å². The molecule has 0 heterocycles. The van der Waals surface area contributed by atoms with Gasteiger partial charge in [-0.05, 0) is 39.9 Å². The Morgan fingerprint density at radius 3 is 2.42 bits per heavy atom. The molecule has 0 aliphatic carbocycles. The molecule has 0 aliphatic heterocycles. The van der Waals surface area contributed by atoms with Crippen LogP contribution in [-0.2, 0) is 0 Å². The largest absolute Gasteiger partial charge is 0.496 e. The van der Waals surface area contributed by atoms with Gasteiger partial charge in [-0.15, -0.1) is 0 Å². The van der Waals surface area contributed by atoms with E-state index in [2.05, 4.69) is 63.4 Å². The Hall–Kier alpha value is -1.75. The topological polar surface area (TPSA) is 48.9 Å². The van der Waals surface area contributed by atoms with Crippen LogP contribution in [0.25, 0.3) is 0 Å². The standard InChI is InChI=1S/C19H34N4O/c1-8-20-19(22-15(4)14(2)3)21-13-17(23(5)6)16-11-9-10-12-18(16)24-7/h9-12,14-15,17H,8,13H2,1-7H3,(H2,20,21,22). The molecule has 0 radical (unpaired) electrons. The highest BCUT2D eigenvalue weighted by Crippen LogP contribution is 2.28. The number of hydrogen-bond donors (Lipinski definition) is 2. The van der Waals surface area contributed by atoms with Gasteiger partial charge in [0.1, 0.15) is 5.75 Å². The second-order valence-electron chi connectivity index (χ2n) is 6.62. The maximum atomic E-state index is 5.52. The van der Waals surface area contributed by atoms with Crippen LogP contribution in [0.15, 0.2) is 29.3 Å². The first-order valence-corrected chi connectivity index (χ1v) is 8.74. The molecule has 0 fully saturated rings. The van der Waals surface area contributed by atoms with Gasteiger partial charge in [-0.2, -0.15) is 0 Å². The summed E-state index contributed by atoms with van der Waals surface area (Å²) in [5.41, 5.74) is 1.15. The van der Waals surface area contributed by atoms with E-state index in [1.54, 1.807) is 7.11 Å². The molecule has 1 aromatic carbocycles. The number of nitrogens with zero attached hydrogens (tertiary/aromatic N) is 2. The number of nitrogens with one attached hydrogen (secondary N) is 2. The molecule has 24 heavy (non-hydrogen) atoms. The number of para-hydroxylation sites is 1. The maximum absolute atomic E-state index is 5.52. The van der Waals surface area contributed by atoms with E-state index in [0.717, 1.165) is 23.8 Å². The average molecular weight is 335 g/mol. The van der Waals surface area contributed by atoms with Gasteiger partial charge in [-0.3, -0.25) is 4.99 Å². The zero-order chi connectivity index (χ0) is 18.1. The van der Waals surface area contributed by atoms with E-state index in [4.69, 9.17) is 9.73 Å². The molecule has 2 N–H and O–H groups in total. The summed E-state index contributed by atoms with van der Waals surface area (Å²) in [5, 5.41) is 6.81. The van der Waals surface area contributed by atoms with Crippen molar-refractivity contribution < 1.29 is 4.74 Å². The van der Waals surface area contributed by atoms with E-state index >= 15 is 0 Å². The third kappa shape index (κ3) is 6.04. The number of methoxy groups -OCH3 is 1. The van der Waals surface area contributed by atoms with Gasteiger partial charge >= 0.3 is 0 Å². The van der Waals surface area contributed by atoms with E-state index in [-0.39, 0.29) is 6.04 Å². The fourth-order valence-electron chi connectivity index (χ4n) is 2.36. The van der Waals surface area contributed by atoms with Crippen LogP contribution in [0.2, 0.25) is 0 Å². The molecule has 0 aliphatic rings. The highest BCUT2D eigenvalue weighted by atomic mass is 16.5. The minimum atomic E-state index is 0.158. The molecule has 2 unspecified atom stereocenters. The van der Waals surface area contributed by atoms with Gasteiger partial charge in [0.05, 0.1) is 19.7 Å². The van der Waals surface area contributed by atoms with Crippen LogP contribution in [0.3, 0.4) is 0 Å².